The Morgan fingerprint density at radius 2 is 2.00 bits per heavy atom. The van der Waals surface area contributed by atoms with Crippen molar-refractivity contribution in [2.45, 2.75) is 32.1 Å². The van der Waals surface area contributed by atoms with E-state index in [4.69, 9.17) is 11.6 Å². The van der Waals surface area contributed by atoms with Gasteiger partial charge in [-0.25, -0.2) is 4.99 Å². The van der Waals surface area contributed by atoms with Gasteiger partial charge in [0.15, 0.2) is 5.82 Å². The molecule has 4 nitrogen and oxygen atoms in total. The van der Waals surface area contributed by atoms with Gasteiger partial charge < -0.3 is 0 Å². The average Bonchev–Trinajstić information content (AvgIpc) is 2.76. The Hall–Kier alpha value is -1.46. The highest BCUT2D eigenvalue weighted by molar-refractivity contribution is 8.14. The summed E-state index contributed by atoms with van der Waals surface area (Å²) >= 11 is 7.55. The molecule has 0 bridgehead atoms. The Kier molecular flexibility index (Phi) is 3.71. The summed E-state index contributed by atoms with van der Waals surface area (Å²) in [7, 11) is 0. The van der Waals surface area contributed by atoms with Gasteiger partial charge in [0, 0.05) is 11.1 Å². The first-order chi connectivity index (χ1) is 9.97. The van der Waals surface area contributed by atoms with Gasteiger partial charge in [0.2, 0.25) is 0 Å². The molecule has 2 heterocycles. The van der Waals surface area contributed by atoms with E-state index in [1.165, 1.54) is 0 Å². The topological polar surface area (TPSA) is 50.1 Å². The van der Waals surface area contributed by atoms with Crippen LogP contribution < -0.4 is 5.56 Å². The standard InChI is InChI=1S/C15H16ClN3OS/c1-8(2)19-14-12(15(20)18-19)13(21-9(3)17-14)10-4-6-11(16)7-5-10/h4-8,13H,1-3H3,(H,18,20)/t13-/m1/s1. The smallest absolute Gasteiger partial charge is 0.268 e. The molecule has 110 valence electrons. The molecule has 0 radical (unpaired) electrons. The van der Waals surface area contributed by atoms with Crippen molar-refractivity contribution in [3.63, 3.8) is 0 Å². The summed E-state index contributed by atoms with van der Waals surface area (Å²) in [6.45, 7) is 6.03. The molecule has 1 aromatic heterocycles. The summed E-state index contributed by atoms with van der Waals surface area (Å²) in [6, 6.07) is 7.80. The monoisotopic (exact) mass is 321 g/mol. The number of benzene rings is 1. The minimum atomic E-state index is -0.0672. The third kappa shape index (κ3) is 2.56. The van der Waals surface area contributed by atoms with Crippen LogP contribution in [0.25, 0.3) is 0 Å². The molecule has 1 N–H and O–H groups in total. The molecule has 6 heteroatoms. The first-order valence-electron chi connectivity index (χ1n) is 6.79. The van der Waals surface area contributed by atoms with Crippen molar-refractivity contribution < 1.29 is 0 Å². The molecule has 0 amide bonds. The highest BCUT2D eigenvalue weighted by Gasteiger charge is 2.30. The number of rotatable bonds is 2. The van der Waals surface area contributed by atoms with Gasteiger partial charge in [-0.1, -0.05) is 35.5 Å². The third-order valence-corrected chi connectivity index (χ3v) is 4.87. The second kappa shape index (κ2) is 5.39. The van der Waals surface area contributed by atoms with Crippen LogP contribution in [0.4, 0.5) is 5.82 Å². The lowest BCUT2D eigenvalue weighted by atomic mass is 10.1. The number of hydrogen-bond acceptors (Lipinski definition) is 3. The first kappa shape index (κ1) is 14.5. The zero-order chi connectivity index (χ0) is 15.1. The van der Waals surface area contributed by atoms with Gasteiger partial charge in [-0.05, 0) is 38.5 Å². The Morgan fingerprint density at radius 1 is 1.33 bits per heavy atom. The molecule has 1 aromatic carbocycles. The van der Waals surface area contributed by atoms with Crippen LogP contribution in [0.3, 0.4) is 0 Å². The van der Waals surface area contributed by atoms with E-state index in [1.807, 2.05) is 49.7 Å². The van der Waals surface area contributed by atoms with Crippen LogP contribution in [0.5, 0.6) is 0 Å². The fourth-order valence-electron chi connectivity index (χ4n) is 2.46. The average molecular weight is 322 g/mol. The van der Waals surface area contributed by atoms with Gasteiger partial charge in [-0.2, -0.15) is 0 Å². The largest absolute Gasteiger partial charge is 0.271 e. The lowest BCUT2D eigenvalue weighted by Crippen LogP contribution is -2.13. The number of nitrogens with zero attached hydrogens (tertiary/aromatic N) is 2. The molecule has 0 fully saturated rings. The van der Waals surface area contributed by atoms with E-state index in [2.05, 4.69) is 10.1 Å². The Labute approximate surface area is 132 Å². The SMILES string of the molecule is CC1=Nc2c(c(=O)[nH]n2C(C)C)[C@@H](c2ccc(Cl)cc2)S1. The molecule has 0 saturated heterocycles. The van der Waals surface area contributed by atoms with Gasteiger partial charge in [-0.3, -0.25) is 14.6 Å². The molecule has 0 aliphatic carbocycles. The third-order valence-electron chi connectivity index (χ3n) is 3.44. The van der Waals surface area contributed by atoms with Crippen molar-refractivity contribution in [2.24, 2.45) is 4.99 Å². The second-order valence-corrected chi connectivity index (χ2v) is 7.06. The van der Waals surface area contributed by atoms with Crippen LogP contribution in [0, 0.1) is 0 Å². The van der Waals surface area contributed by atoms with Gasteiger partial charge >= 0.3 is 0 Å². The minimum absolute atomic E-state index is 0.0430. The Bertz CT molecular complexity index is 758. The van der Waals surface area contributed by atoms with Gasteiger partial charge in [0.1, 0.15) is 0 Å². The fraction of sp³-hybridized carbons (Fsp3) is 0.333. The predicted molar refractivity (Wildman–Crippen MR) is 89.1 cm³/mol. The molecule has 3 rings (SSSR count). The maximum atomic E-state index is 12.4. The Balaban J connectivity index is 2.18. The van der Waals surface area contributed by atoms with Crippen molar-refractivity contribution in [3.8, 4) is 0 Å². The molecule has 2 aromatic rings. The molecule has 1 aliphatic heterocycles. The van der Waals surface area contributed by atoms with Crippen molar-refractivity contribution >= 4 is 34.2 Å². The van der Waals surface area contributed by atoms with E-state index in [0.717, 1.165) is 22.0 Å². The maximum Gasteiger partial charge on any atom is 0.271 e. The molecule has 21 heavy (non-hydrogen) atoms. The first-order valence-corrected chi connectivity index (χ1v) is 8.05. The van der Waals surface area contributed by atoms with E-state index in [9.17, 15) is 4.79 Å². The van der Waals surface area contributed by atoms with E-state index in [1.54, 1.807) is 11.8 Å². The lowest BCUT2D eigenvalue weighted by molar-refractivity contribution is 0.533. The lowest BCUT2D eigenvalue weighted by Gasteiger charge is -2.21. The second-order valence-electron chi connectivity index (χ2n) is 5.32. The quantitative estimate of drug-likeness (QED) is 0.896. The van der Waals surface area contributed by atoms with Crippen molar-refractivity contribution in [3.05, 3.63) is 50.8 Å². The van der Waals surface area contributed by atoms with E-state index < -0.39 is 0 Å². The number of aliphatic imine (C=N–C) groups is 1. The summed E-state index contributed by atoms with van der Waals surface area (Å²) in [5.41, 5.74) is 1.72. The highest BCUT2D eigenvalue weighted by atomic mass is 35.5. The zero-order valence-corrected chi connectivity index (χ0v) is 13.6. The number of H-pyrrole nitrogens is 1. The molecular weight excluding hydrogens is 306 g/mol. The normalized spacial score (nSPS) is 17.8. The minimum Gasteiger partial charge on any atom is -0.268 e. The maximum absolute atomic E-state index is 12.4. The number of thioether (sulfide) groups is 1. The summed E-state index contributed by atoms with van der Waals surface area (Å²) in [5, 5.41) is 4.51. The number of aromatic amines is 1. The summed E-state index contributed by atoms with van der Waals surface area (Å²) < 4.78 is 1.84. The van der Waals surface area contributed by atoms with Crippen molar-refractivity contribution in [1.82, 2.24) is 9.78 Å². The molecule has 0 unspecified atom stereocenters. The van der Waals surface area contributed by atoms with Crippen LogP contribution in [-0.4, -0.2) is 14.8 Å². The summed E-state index contributed by atoms with van der Waals surface area (Å²) in [5.74, 6) is 0.742. The summed E-state index contributed by atoms with van der Waals surface area (Å²) in [6.07, 6.45) is 0. The zero-order valence-electron chi connectivity index (χ0n) is 12.1. The number of aromatic nitrogens is 2. The van der Waals surface area contributed by atoms with Crippen LogP contribution in [-0.2, 0) is 0 Å². The molecule has 0 saturated carbocycles. The predicted octanol–water partition coefficient (Wildman–Crippen LogP) is 4.30. The van der Waals surface area contributed by atoms with Crippen LogP contribution in [0.15, 0.2) is 34.1 Å². The fourth-order valence-corrected chi connectivity index (χ4v) is 3.69. The molecule has 1 aliphatic rings. The number of fused-ring (bicyclic) bond motifs is 1. The molecule has 0 spiro atoms. The van der Waals surface area contributed by atoms with Crippen LogP contribution in [0.1, 0.15) is 43.2 Å². The van der Waals surface area contributed by atoms with E-state index in [-0.39, 0.29) is 16.9 Å². The van der Waals surface area contributed by atoms with Crippen molar-refractivity contribution in [1.29, 1.82) is 0 Å². The van der Waals surface area contributed by atoms with Gasteiger partial charge in [-0.15, -0.1) is 0 Å². The van der Waals surface area contributed by atoms with Gasteiger partial charge in [0.05, 0.1) is 15.9 Å². The number of hydrogen-bond donors (Lipinski definition) is 1. The van der Waals surface area contributed by atoms with Crippen molar-refractivity contribution in [2.75, 3.05) is 0 Å². The van der Waals surface area contributed by atoms with Crippen LogP contribution >= 0.6 is 23.4 Å². The van der Waals surface area contributed by atoms with E-state index in [0.29, 0.717) is 5.02 Å². The highest BCUT2D eigenvalue weighted by Crippen LogP contribution is 2.44. The van der Waals surface area contributed by atoms with Gasteiger partial charge in [0.25, 0.3) is 5.56 Å². The Morgan fingerprint density at radius 3 is 2.62 bits per heavy atom. The summed E-state index contributed by atoms with van der Waals surface area (Å²) in [4.78, 5) is 16.9. The number of halogens is 1. The number of nitrogens with one attached hydrogen (secondary N) is 1. The van der Waals surface area contributed by atoms with E-state index >= 15 is 0 Å². The molecule has 1 atom stereocenters. The molecular formula is C15H16ClN3OS. The van der Waals surface area contributed by atoms with Crippen LogP contribution in [0.2, 0.25) is 5.02 Å².